The van der Waals surface area contributed by atoms with Crippen LogP contribution in [0.1, 0.15) is 22.4 Å². The molecule has 0 unspecified atom stereocenters. The molecule has 1 amide bonds. The predicted octanol–water partition coefficient (Wildman–Crippen LogP) is 4.71. The van der Waals surface area contributed by atoms with Crippen molar-refractivity contribution in [3.8, 4) is 5.69 Å². The van der Waals surface area contributed by atoms with E-state index < -0.39 is 0 Å². The van der Waals surface area contributed by atoms with Crippen molar-refractivity contribution in [1.29, 1.82) is 0 Å². The number of hydrogen-bond donors (Lipinski definition) is 1. The van der Waals surface area contributed by atoms with Crippen molar-refractivity contribution >= 4 is 34.2 Å². The van der Waals surface area contributed by atoms with E-state index in [1.807, 2.05) is 58.0 Å². The summed E-state index contributed by atoms with van der Waals surface area (Å²) in [6.45, 7) is 7.55. The number of benzene rings is 2. The number of aromatic nitrogens is 3. The lowest BCUT2D eigenvalue weighted by molar-refractivity contribution is -0.116. The van der Waals surface area contributed by atoms with Gasteiger partial charge in [0.05, 0.1) is 11.4 Å². The van der Waals surface area contributed by atoms with Crippen molar-refractivity contribution in [3.05, 3.63) is 86.3 Å². The van der Waals surface area contributed by atoms with Crippen LogP contribution in [0.2, 0.25) is 5.02 Å². The smallest absolute Gasteiger partial charge is 0.252 e. The molecule has 7 heteroatoms. The first-order chi connectivity index (χ1) is 14.7. The maximum absolute atomic E-state index is 12.9. The summed E-state index contributed by atoms with van der Waals surface area (Å²) in [5.74, 6) is -0.313. The molecule has 2 aromatic heterocycles. The minimum Gasteiger partial charge on any atom is -0.324 e. The summed E-state index contributed by atoms with van der Waals surface area (Å²) in [7, 11) is 0. The van der Waals surface area contributed by atoms with E-state index in [1.54, 1.807) is 22.9 Å². The lowest BCUT2D eigenvalue weighted by atomic mass is 10.1. The number of rotatable bonds is 4. The van der Waals surface area contributed by atoms with Crippen LogP contribution >= 0.6 is 11.6 Å². The molecule has 31 heavy (non-hydrogen) atoms. The maximum Gasteiger partial charge on any atom is 0.252 e. The molecule has 4 rings (SSSR count). The van der Waals surface area contributed by atoms with Crippen LogP contribution in [0.5, 0.6) is 0 Å². The Morgan fingerprint density at radius 2 is 1.71 bits per heavy atom. The van der Waals surface area contributed by atoms with Gasteiger partial charge < -0.3 is 5.32 Å². The van der Waals surface area contributed by atoms with E-state index in [2.05, 4.69) is 10.4 Å². The summed E-state index contributed by atoms with van der Waals surface area (Å²) in [5, 5.41) is 8.94. The third kappa shape index (κ3) is 3.99. The highest BCUT2D eigenvalue weighted by molar-refractivity contribution is 6.31. The minimum absolute atomic E-state index is 0.140. The van der Waals surface area contributed by atoms with Crippen LogP contribution in [0.25, 0.3) is 16.7 Å². The van der Waals surface area contributed by atoms with Crippen LogP contribution in [0.4, 0.5) is 5.69 Å². The Bertz CT molecular complexity index is 1370. The first-order valence-electron chi connectivity index (χ1n) is 9.97. The van der Waals surface area contributed by atoms with Gasteiger partial charge in [-0.15, -0.1) is 0 Å². The van der Waals surface area contributed by atoms with Gasteiger partial charge in [-0.05, 0) is 63.1 Å². The highest BCUT2D eigenvalue weighted by Gasteiger charge is 2.19. The van der Waals surface area contributed by atoms with Crippen molar-refractivity contribution in [2.75, 3.05) is 5.32 Å². The number of amides is 1. The second kappa shape index (κ2) is 8.04. The van der Waals surface area contributed by atoms with E-state index in [0.29, 0.717) is 16.4 Å². The van der Waals surface area contributed by atoms with Gasteiger partial charge in [0.2, 0.25) is 5.91 Å². The molecule has 158 valence electrons. The van der Waals surface area contributed by atoms with Crippen molar-refractivity contribution < 1.29 is 4.79 Å². The second-order valence-electron chi connectivity index (χ2n) is 7.79. The van der Waals surface area contributed by atoms with Crippen molar-refractivity contribution in [2.45, 2.75) is 34.2 Å². The number of halogens is 1. The molecular weight excluding hydrogens is 412 g/mol. The van der Waals surface area contributed by atoms with Crippen LogP contribution in [0.15, 0.2) is 53.3 Å². The SMILES string of the molecule is Cc1ccc(-n2nc(C)c3c(C)cc(=O)n(CC(=O)Nc4cc(Cl)ccc4C)c32)cc1. The first kappa shape index (κ1) is 20.9. The normalized spacial score (nSPS) is 11.1. The largest absolute Gasteiger partial charge is 0.324 e. The van der Waals surface area contributed by atoms with Crippen LogP contribution in [-0.4, -0.2) is 20.3 Å². The molecule has 4 aromatic rings. The summed E-state index contributed by atoms with van der Waals surface area (Å²) < 4.78 is 3.20. The number of carbonyl (C=O) groups is 1. The van der Waals surface area contributed by atoms with E-state index in [1.165, 1.54) is 4.57 Å². The summed E-state index contributed by atoms with van der Waals surface area (Å²) in [4.78, 5) is 25.8. The van der Waals surface area contributed by atoms with E-state index in [0.717, 1.165) is 33.5 Å². The van der Waals surface area contributed by atoms with Crippen molar-refractivity contribution in [3.63, 3.8) is 0 Å². The first-order valence-corrected chi connectivity index (χ1v) is 10.3. The predicted molar refractivity (Wildman–Crippen MR) is 124 cm³/mol. The standard InChI is InChI=1S/C24H23ClN4O2/c1-14-5-9-19(10-6-14)29-24-23(17(4)27-29)16(3)11-22(31)28(24)13-21(30)26-20-12-18(25)8-7-15(20)2/h5-12H,13H2,1-4H3,(H,26,30). The summed E-state index contributed by atoms with van der Waals surface area (Å²) in [5.41, 5.74) is 5.44. The number of nitrogens with one attached hydrogen (secondary N) is 1. The molecule has 0 bridgehead atoms. The quantitative estimate of drug-likeness (QED) is 0.505. The van der Waals surface area contributed by atoms with Gasteiger partial charge in [0.25, 0.3) is 5.56 Å². The van der Waals surface area contributed by atoms with E-state index in [9.17, 15) is 9.59 Å². The Balaban J connectivity index is 1.82. The Labute approximate surface area is 185 Å². The van der Waals surface area contributed by atoms with E-state index >= 15 is 0 Å². The van der Waals surface area contributed by atoms with Crippen molar-refractivity contribution in [1.82, 2.24) is 14.3 Å². The summed E-state index contributed by atoms with van der Waals surface area (Å²) >= 11 is 6.07. The number of aryl methyl sites for hydroxylation is 4. The van der Waals surface area contributed by atoms with Gasteiger partial charge in [-0.25, -0.2) is 4.68 Å². The molecule has 0 saturated heterocycles. The van der Waals surface area contributed by atoms with Gasteiger partial charge in [-0.1, -0.05) is 35.4 Å². The Hall–Kier alpha value is -3.38. The Kier molecular flexibility index (Phi) is 5.41. The van der Waals surface area contributed by atoms with Crippen LogP contribution in [0.3, 0.4) is 0 Å². The monoisotopic (exact) mass is 434 g/mol. The zero-order chi connectivity index (χ0) is 22.3. The molecular formula is C24H23ClN4O2. The lowest BCUT2D eigenvalue weighted by Gasteiger charge is -2.13. The van der Waals surface area contributed by atoms with Gasteiger partial charge in [0, 0.05) is 22.2 Å². The highest BCUT2D eigenvalue weighted by atomic mass is 35.5. The molecule has 0 aliphatic rings. The lowest BCUT2D eigenvalue weighted by Crippen LogP contribution is -2.29. The average molecular weight is 435 g/mol. The van der Waals surface area contributed by atoms with Crippen LogP contribution in [0, 0.1) is 27.7 Å². The zero-order valence-corrected chi connectivity index (χ0v) is 18.6. The second-order valence-corrected chi connectivity index (χ2v) is 8.23. The summed E-state index contributed by atoms with van der Waals surface area (Å²) in [6, 6.07) is 14.7. The molecule has 0 spiro atoms. The van der Waals surface area contributed by atoms with Gasteiger partial charge in [-0.2, -0.15) is 5.10 Å². The molecule has 0 saturated carbocycles. The van der Waals surface area contributed by atoms with Crippen LogP contribution in [-0.2, 0) is 11.3 Å². The molecule has 0 fully saturated rings. The topological polar surface area (TPSA) is 68.9 Å². The third-order valence-corrected chi connectivity index (χ3v) is 5.58. The number of carbonyl (C=O) groups excluding carboxylic acids is 1. The van der Waals surface area contributed by atoms with E-state index in [-0.39, 0.29) is 18.0 Å². The molecule has 6 nitrogen and oxygen atoms in total. The number of nitrogens with zero attached hydrogens (tertiary/aromatic N) is 3. The molecule has 2 heterocycles. The maximum atomic E-state index is 12.9. The molecule has 2 aromatic carbocycles. The Morgan fingerprint density at radius 1 is 1.00 bits per heavy atom. The van der Waals surface area contributed by atoms with Gasteiger partial charge in [-0.3, -0.25) is 14.2 Å². The number of fused-ring (bicyclic) bond motifs is 1. The fraction of sp³-hybridized carbons (Fsp3) is 0.208. The molecule has 0 aliphatic carbocycles. The van der Waals surface area contributed by atoms with Gasteiger partial charge >= 0.3 is 0 Å². The van der Waals surface area contributed by atoms with E-state index in [4.69, 9.17) is 11.6 Å². The molecule has 0 atom stereocenters. The van der Waals surface area contributed by atoms with Crippen LogP contribution < -0.4 is 10.9 Å². The Morgan fingerprint density at radius 3 is 2.42 bits per heavy atom. The van der Waals surface area contributed by atoms with Gasteiger partial charge in [0.1, 0.15) is 12.2 Å². The number of pyridine rings is 1. The molecule has 0 aliphatic heterocycles. The average Bonchev–Trinajstić information content (AvgIpc) is 3.06. The highest BCUT2D eigenvalue weighted by Crippen LogP contribution is 2.24. The fourth-order valence-corrected chi connectivity index (χ4v) is 3.92. The minimum atomic E-state index is -0.313. The molecule has 1 N–H and O–H groups in total. The van der Waals surface area contributed by atoms with Crippen molar-refractivity contribution in [2.24, 2.45) is 0 Å². The fourth-order valence-electron chi connectivity index (χ4n) is 3.75. The number of hydrogen-bond acceptors (Lipinski definition) is 3. The van der Waals surface area contributed by atoms with Gasteiger partial charge in [0.15, 0.2) is 0 Å². The summed E-state index contributed by atoms with van der Waals surface area (Å²) in [6.07, 6.45) is 0. The zero-order valence-electron chi connectivity index (χ0n) is 17.9. The molecule has 0 radical (unpaired) electrons. The third-order valence-electron chi connectivity index (χ3n) is 5.35. The number of anilines is 1.